The molecule has 5 rings (SSSR count). The molecule has 3 atom stereocenters. The second-order valence-electron chi connectivity index (χ2n) is 7.72. The van der Waals surface area contributed by atoms with E-state index in [1.165, 1.54) is 0 Å². The van der Waals surface area contributed by atoms with Crippen LogP contribution in [0.2, 0.25) is 0 Å². The third-order valence-electron chi connectivity index (χ3n) is 6.58. The molecule has 4 heterocycles. The van der Waals surface area contributed by atoms with Gasteiger partial charge in [0.05, 0.1) is 25.2 Å². The second kappa shape index (κ2) is 4.36. The molecule has 0 unspecified atom stereocenters. The molecular formula is C17H24N2O4. The molecule has 4 aliphatic heterocycles. The Kier molecular flexibility index (Phi) is 2.73. The van der Waals surface area contributed by atoms with E-state index < -0.39 is 16.9 Å². The van der Waals surface area contributed by atoms with Gasteiger partial charge in [0.2, 0.25) is 5.72 Å². The Labute approximate surface area is 136 Å². The minimum absolute atomic E-state index is 0.0747. The standard InChI is InChI=1S/C17H24N2O4/c1-15-11-16(21-8-9-22-16)6-5-13(15)18(2)14(20)17(15)19-7-3-4-12(19)10-23-17/h5,12H,3-4,6-11H2,1-2H3/t12-,15+,17+/m0/s1. The highest BCUT2D eigenvalue weighted by molar-refractivity contribution is 5.92. The number of hydrogen-bond donors (Lipinski definition) is 0. The van der Waals surface area contributed by atoms with Gasteiger partial charge in [-0.3, -0.25) is 9.69 Å². The van der Waals surface area contributed by atoms with Crippen LogP contribution in [0, 0.1) is 5.41 Å². The van der Waals surface area contributed by atoms with Gasteiger partial charge >= 0.3 is 0 Å². The fourth-order valence-corrected chi connectivity index (χ4v) is 5.65. The zero-order valence-electron chi connectivity index (χ0n) is 13.8. The molecule has 0 aromatic heterocycles. The summed E-state index contributed by atoms with van der Waals surface area (Å²) >= 11 is 0. The first-order chi connectivity index (χ1) is 11.0. The maximum absolute atomic E-state index is 13.3. The van der Waals surface area contributed by atoms with Gasteiger partial charge in [-0.2, -0.15) is 0 Å². The lowest BCUT2D eigenvalue weighted by atomic mass is 9.69. The number of nitrogens with zero attached hydrogens (tertiary/aromatic N) is 2. The van der Waals surface area contributed by atoms with E-state index in [2.05, 4.69) is 17.9 Å². The fourth-order valence-electron chi connectivity index (χ4n) is 5.65. The number of fused-ring (bicyclic) bond motifs is 4. The fraction of sp³-hybridized carbons (Fsp3) is 0.824. The monoisotopic (exact) mass is 320 g/mol. The van der Waals surface area contributed by atoms with Crippen LogP contribution in [-0.2, 0) is 19.0 Å². The molecule has 4 saturated heterocycles. The van der Waals surface area contributed by atoms with Crippen molar-refractivity contribution in [3.8, 4) is 0 Å². The van der Waals surface area contributed by atoms with Gasteiger partial charge in [0.25, 0.3) is 5.91 Å². The Bertz CT molecular complexity index is 599. The van der Waals surface area contributed by atoms with Gasteiger partial charge in [-0.05, 0) is 19.8 Å². The number of rotatable bonds is 0. The van der Waals surface area contributed by atoms with Crippen molar-refractivity contribution < 1.29 is 19.0 Å². The molecule has 0 saturated carbocycles. The largest absolute Gasteiger partial charge is 0.349 e. The van der Waals surface area contributed by atoms with Crippen LogP contribution in [-0.4, -0.2) is 66.7 Å². The number of likely N-dealkylation sites (tertiary alicyclic amines) is 1. The predicted molar refractivity (Wildman–Crippen MR) is 81.2 cm³/mol. The van der Waals surface area contributed by atoms with E-state index in [4.69, 9.17) is 14.2 Å². The zero-order chi connectivity index (χ0) is 15.9. The quantitative estimate of drug-likeness (QED) is 0.668. The van der Waals surface area contributed by atoms with Gasteiger partial charge in [-0.1, -0.05) is 6.08 Å². The SMILES string of the molecule is CN1C(=O)[C@@]2(OC[C@@H]3CCCN32)[C@]2(C)CC3(CC=C12)OCCO3. The van der Waals surface area contributed by atoms with Crippen LogP contribution in [0.4, 0.5) is 0 Å². The highest BCUT2D eigenvalue weighted by Gasteiger charge is 2.73. The van der Waals surface area contributed by atoms with E-state index in [9.17, 15) is 4.79 Å². The molecule has 4 fully saturated rings. The van der Waals surface area contributed by atoms with Crippen molar-refractivity contribution >= 4 is 5.91 Å². The first-order valence-corrected chi connectivity index (χ1v) is 8.70. The van der Waals surface area contributed by atoms with Crippen molar-refractivity contribution in [2.24, 2.45) is 5.41 Å². The first-order valence-electron chi connectivity index (χ1n) is 8.70. The van der Waals surface area contributed by atoms with Crippen LogP contribution in [0.25, 0.3) is 0 Å². The zero-order valence-corrected chi connectivity index (χ0v) is 13.8. The number of carbonyl (C=O) groups is 1. The van der Waals surface area contributed by atoms with Gasteiger partial charge in [-0.25, -0.2) is 0 Å². The first kappa shape index (κ1) is 14.4. The summed E-state index contributed by atoms with van der Waals surface area (Å²) < 4.78 is 18.2. The molecule has 2 spiro atoms. The summed E-state index contributed by atoms with van der Waals surface area (Å²) in [6.45, 7) is 5.00. The van der Waals surface area contributed by atoms with E-state index >= 15 is 0 Å². The molecule has 23 heavy (non-hydrogen) atoms. The van der Waals surface area contributed by atoms with Crippen LogP contribution in [0.5, 0.6) is 0 Å². The van der Waals surface area contributed by atoms with E-state index in [1.807, 2.05) is 11.9 Å². The minimum atomic E-state index is -0.878. The Morgan fingerprint density at radius 1 is 1.26 bits per heavy atom. The Hall–Kier alpha value is -0.950. The van der Waals surface area contributed by atoms with Gasteiger partial charge in [0.1, 0.15) is 0 Å². The van der Waals surface area contributed by atoms with Crippen molar-refractivity contribution in [2.75, 3.05) is 33.4 Å². The third kappa shape index (κ3) is 1.51. The van der Waals surface area contributed by atoms with Crippen LogP contribution in [0.3, 0.4) is 0 Å². The van der Waals surface area contributed by atoms with E-state index in [-0.39, 0.29) is 5.91 Å². The lowest BCUT2D eigenvalue weighted by Gasteiger charge is -2.48. The van der Waals surface area contributed by atoms with Crippen molar-refractivity contribution in [1.29, 1.82) is 0 Å². The van der Waals surface area contributed by atoms with Crippen LogP contribution < -0.4 is 0 Å². The van der Waals surface area contributed by atoms with Crippen molar-refractivity contribution in [2.45, 2.75) is 50.2 Å². The van der Waals surface area contributed by atoms with Gasteiger partial charge < -0.3 is 19.1 Å². The third-order valence-corrected chi connectivity index (χ3v) is 6.58. The average molecular weight is 320 g/mol. The van der Waals surface area contributed by atoms with E-state index in [0.717, 1.165) is 25.1 Å². The van der Waals surface area contributed by atoms with Gasteiger partial charge in [0, 0.05) is 38.2 Å². The topological polar surface area (TPSA) is 51.2 Å². The average Bonchev–Trinajstić information content (AvgIpc) is 3.24. The number of carbonyl (C=O) groups excluding carboxylic acids is 1. The van der Waals surface area contributed by atoms with Crippen molar-refractivity contribution in [1.82, 2.24) is 9.80 Å². The smallest absolute Gasteiger partial charge is 0.275 e. The molecule has 126 valence electrons. The summed E-state index contributed by atoms with van der Waals surface area (Å²) in [4.78, 5) is 17.4. The number of amides is 1. The van der Waals surface area contributed by atoms with Gasteiger partial charge in [0.15, 0.2) is 5.79 Å². The summed E-state index contributed by atoms with van der Waals surface area (Å²) in [5.74, 6) is -0.511. The van der Waals surface area contributed by atoms with Crippen molar-refractivity contribution in [3.05, 3.63) is 11.8 Å². The normalized spacial score (nSPS) is 45.1. The summed E-state index contributed by atoms with van der Waals surface area (Å²) in [6, 6.07) is 0.367. The Balaban J connectivity index is 1.65. The summed E-state index contributed by atoms with van der Waals surface area (Å²) in [5.41, 5.74) is -0.238. The molecule has 6 nitrogen and oxygen atoms in total. The molecule has 1 amide bonds. The molecule has 0 radical (unpaired) electrons. The minimum Gasteiger partial charge on any atom is -0.349 e. The van der Waals surface area contributed by atoms with Crippen molar-refractivity contribution in [3.63, 3.8) is 0 Å². The molecule has 0 N–H and O–H groups in total. The number of ether oxygens (including phenoxy) is 3. The lowest BCUT2D eigenvalue weighted by molar-refractivity contribution is -0.216. The van der Waals surface area contributed by atoms with Crippen LogP contribution in [0.1, 0.15) is 32.6 Å². The summed E-state index contributed by atoms with van der Waals surface area (Å²) in [7, 11) is 1.88. The molecular weight excluding hydrogens is 296 g/mol. The molecule has 5 aliphatic rings. The molecule has 0 aromatic carbocycles. The maximum atomic E-state index is 13.3. The molecule has 6 heteroatoms. The Morgan fingerprint density at radius 3 is 2.83 bits per heavy atom. The second-order valence-corrected chi connectivity index (χ2v) is 7.72. The summed E-state index contributed by atoms with van der Waals surface area (Å²) in [6.07, 6.45) is 5.76. The van der Waals surface area contributed by atoms with Crippen LogP contribution >= 0.6 is 0 Å². The van der Waals surface area contributed by atoms with E-state index in [0.29, 0.717) is 38.7 Å². The maximum Gasteiger partial charge on any atom is 0.275 e. The number of hydrogen-bond acceptors (Lipinski definition) is 5. The Morgan fingerprint density at radius 2 is 2.04 bits per heavy atom. The highest BCUT2D eigenvalue weighted by atomic mass is 16.7. The van der Waals surface area contributed by atoms with Gasteiger partial charge in [-0.15, -0.1) is 0 Å². The van der Waals surface area contributed by atoms with Crippen LogP contribution in [0.15, 0.2) is 11.8 Å². The number of likely N-dealkylation sites (N-methyl/N-ethyl adjacent to an activating group) is 1. The molecule has 0 bridgehead atoms. The lowest BCUT2D eigenvalue weighted by Crippen LogP contribution is -2.61. The predicted octanol–water partition coefficient (Wildman–Crippen LogP) is 1.08. The molecule has 1 aliphatic carbocycles. The molecule has 0 aromatic rings. The van der Waals surface area contributed by atoms with E-state index in [1.54, 1.807) is 0 Å². The highest BCUT2D eigenvalue weighted by Crippen LogP contribution is 2.61. The summed E-state index contributed by atoms with van der Waals surface area (Å²) in [5, 5.41) is 0.